The molecule has 0 unspecified atom stereocenters. The number of hydrogen-bond acceptors (Lipinski definition) is 8. The molecule has 10 heteroatoms. The topological polar surface area (TPSA) is 115 Å². The van der Waals surface area contributed by atoms with Crippen LogP contribution in [0.2, 0.25) is 0 Å². The summed E-state index contributed by atoms with van der Waals surface area (Å²) in [5.74, 6) is -0.0193. The molecule has 0 aliphatic rings. The number of hydrazine groups is 1. The van der Waals surface area contributed by atoms with Crippen LogP contribution in [0.25, 0.3) is 21.6 Å². The van der Waals surface area contributed by atoms with E-state index in [1.165, 1.54) is 15.9 Å². The Morgan fingerprint density at radius 3 is 2.86 bits per heavy atom. The lowest BCUT2D eigenvalue weighted by molar-refractivity contribution is -0.120. The second-order valence-corrected chi connectivity index (χ2v) is 6.94. The molecular weight excluding hydrogens is 390 g/mol. The van der Waals surface area contributed by atoms with Crippen LogP contribution in [-0.4, -0.2) is 30.4 Å². The normalized spacial score (nSPS) is 10.8. The predicted octanol–water partition coefficient (Wildman–Crippen LogP) is 2.02. The molecule has 3 aromatic heterocycles. The monoisotopic (exact) mass is 407 g/mol. The highest BCUT2D eigenvalue weighted by Crippen LogP contribution is 2.20. The summed E-state index contributed by atoms with van der Waals surface area (Å²) in [5, 5.41) is 3.04. The first-order valence-corrected chi connectivity index (χ1v) is 9.79. The van der Waals surface area contributed by atoms with Crippen LogP contribution in [0.3, 0.4) is 0 Å². The first-order chi connectivity index (χ1) is 14.2. The van der Waals surface area contributed by atoms with E-state index in [1.54, 1.807) is 42.2 Å². The Balaban J connectivity index is 1.46. The molecule has 0 bridgehead atoms. The molecule has 0 aliphatic carbocycles. The number of hydrogen-bond donors (Lipinski definition) is 2. The summed E-state index contributed by atoms with van der Waals surface area (Å²) >= 11 is 1.40. The number of aromatic nitrogens is 5. The Morgan fingerprint density at radius 1 is 1.21 bits per heavy atom. The highest BCUT2D eigenvalue weighted by molar-refractivity contribution is 7.13. The van der Waals surface area contributed by atoms with Gasteiger partial charge in [-0.3, -0.25) is 35.0 Å². The summed E-state index contributed by atoms with van der Waals surface area (Å²) in [6.45, 7) is 2.26. The van der Waals surface area contributed by atoms with Crippen LogP contribution >= 0.6 is 11.3 Å². The molecule has 9 nitrogen and oxygen atoms in total. The van der Waals surface area contributed by atoms with Crippen molar-refractivity contribution in [2.75, 3.05) is 5.43 Å². The van der Waals surface area contributed by atoms with Crippen LogP contribution in [0.4, 0.5) is 5.95 Å². The van der Waals surface area contributed by atoms with Crippen molar-refractivity contribution in [1.29, 1.82) is 0 Å². The van der Waals surface area contributed by atoms with E-state index in [2.05, 4.69) is 30.8 Å². The van der Waals surface area contributed by atoms with E-state index in [-0.39, 0.29) is 23.8 Å². The van der Waals surface area contributed by atoms with Gasteiger partial charge in [0.1, 0.15) is 10.7 Å². The van der Waals surface area contributed by atoms with Gasteiger partial charge >= 0.3 is 0 Å². The van der Waals surface area contributed by atoms with E-state index < -0.39 is 0 Å². The Hall–Kier alpha value is -3.66. The smallest absolute Gasteiger partial charge is 0.262 e. The van der Waals surface area contributed by atoms with E-state index in [0.29, 0.717) is 33.8 Å². The highest BCUT2D eigenvalue weighted by atomic mass is 32.1. The molecule has 0 fully saturated rings. The fraction of sp³-hybridized carbons (Fsp3) is 0.158. The number of anilines is 1. The SMILES string of the molecule is CCn1c(NNC(=O)Cc2csc(-c3cnccn3)n2)nc2ccccc2c1=O. The van der Waals surface area contributed by atoms with Crippen LogP contribution in [0.15, 0.2) is 53.0 Å². The fourth-order valence-electron chi connectivity index (χ4n) is 2.81. The van der Waals surface area contributed by atoms with Crippen molar-refractivity contribution in [3.05, 3.63) is 64.3 Å². The van der Waals surface area contributed by atoms with Crippen molar-refractivity contribution in [2.24, 2.45) is 0 Å². The summed E-state index contributed by atoms with van der Waals surface area (Å²) < 4.78 is 1.47. The van der Waals surface area contributed by atoms with Crippen LogP contribution in [0.5, 0.6) is 0 Å². The Labute approximate surface area is 169 Å². The van der Waals surface area contributed by atoms with Crippen LogP contribution in [0.1, 0.15) is 12.6 Å². The molecule has 4 rings (SSSR count). The standard InChI is InChI=1S/C19H17N7O2S/c1-2-26-18(28)13-5-3-4-6-14(13)23-19(26)25-24-16(27)9-12-11-29-17(22-12)15-10-20-7-8-21-15/h3-8,10-11H,2,9H2,1H3,(H,23,25)(H,24,27). The molecule has 1 aromatic carbocycles. The van der Waals surface area contributed by atoms with E-state index >= 15 is 0 Å². The second-order valence-electron chi connectivity index (χ2n) is 6.09. The van der Waals surface area contributed by atoms with Gasteiger partial charge < -0.3 is 0 Å². The third-order valence-electron chi connectivity index (χ3n) is 4.17. The zero-order valence-corrected chi connectivity index (χ0v) is 16.3. The minimum atomic E-state index is -0.300. The maximum Gasteiger partial charge on any atom is 0.262 e. The molecule has 0 aliphatic heterocycles. The number of amides is 1. The lowest BCUT2D eigenvalue weighted by atomic mass is 10.2. The predicted molar refractivity (Wildman–Crippen MR) is 110 cm³/mol. The van der Waals surface area contributed by atoms with Crippen molar-refractivity contribution in [3.63, 3.8) is 0 Å². The maximum atomic E-state index is 12.6. The van der Waals surface area contributed by atoms with Gasteiger partial charge in [-0.15, -0.1) is 11.3 Å². The van der Waals surface area contributed by atoms with Gasteiger partial charge in [0.2, 0.25) is 11.9 Å². The van der Waals surface area contributed by atoms with Gasteiger partial charge in [-0.2, -0.15) is 0 Å². The van der Waals surface area contributed by atoms with Crippen molar-refractivity contribution in [2.45, 2.75) is 19.9 Å². The lowest BCUT2D eigenvalue weighted by Gasteiger charge is -2.13. The molecule has 0 radical (unpaired) electrons. The fourth-order valence-corrected chi connectivity index (χ4v) is 3.59. The Bertz CT molecular complexity index is 1220. The summed E-state index contributed by atoms with van der Waals surface area (Å²) in [6, 6.07) is 7.09. The number of nitrogens with one attached hydrogen (secondary N) is 2. The number of benzene rings is 1. The maximum absolute atomic E-state index is 12.6. The van der Waals surface area contributed by atoms with Gasteiger partial charge in [0.15, 0.2) is 0 Å². The zero-order chi connectivity index (χ0) is 20.2. The van der Waals surface area contributed by atoms with E-state index in [9.17, 15) is 9.59 Å². The molecule has 4 aromatic rings. The quantitative estimate of drug-likeness (QED) is 0.470. The van der Waals surface area contributed by atoms with Gasteiger partial charge in [0, 0.05) is 24.3 Å². The lowest BCUT2D eigenvalue weighted by Crippen LogP contribution is -2.35. The molecule has 1 amide bonds. The number of nitrogens with zero attached hydrogens (tertiary/aromatic N) is 5. The van der Waals surface area contributed by atoms with Gasteiger partial charge in [0.25, 0.3) is 5.56 Å². The van der Waals surface area contributed by atoms with Crippen molar-refractivity contribution >= 4 is 34.1 Å². The van der Waals surface area contributed by atoms with Crippen LogP contribution in [0, 0.1) is 0 Å². The van der Waals surface area contributed by atoms with Crippen LogP contribution in [-0.2, 0) is 17.8 Å². The Kier molecular flexibility index (Phi) is 5.25. The van der Waals surface area contributed by atoms with Gasteiger partial charge in [-0.05, 0) is 19.1 Å². The third-order valence-corrected chi connectivity index (χ3v) is 5.08. The molecule has 29 heavy (non-hydrogen) atoms. The van der Waals surface area contributed by atoms with Crippen LogP contribution < -0.4 is 16.4 Å². The summed E-state index contributed by atoms with van der Waals surface area (Å²) in [5.41, 5.74) is 7.03. The minimum Gasteiger partial charge on any atom is -0.277 e. The first kappa shape index (κ1) is 18.7. The average molecular weight is 407 g/mol. The van der Waals surface area contributed by atoms with E-state index in [1.807, 2.05) is 13.0 Å². The molecule has 0 spiro atoms. The largest absolute Gasteiger partial charge is 0.277 e. The summed E-state index contributed by atoms with van der Waals surface area (Å²) in [7, 11) is 0. The number of para-hydroxylation sites is 1. The molecule has 0 saturated carbocycles. The number of rotatable bonds is 6. The van der Waals surface area contributed by atoms with Crippen molar-refractivity contribution < 1.29 is 4.79 Å². The molecule has 3 heterocycles. The summed E-state index contributed by atoms with van der Waals surface area (Å²) in [4.78, 5) is 42.0. The van der Waals surface area contributed by atoms with Gasteiger partial charge in [-0.1, -0.05) is 12.1 Å². The van der Waals surface area contributed by atoms with Crippen molar-refractivity contribution in [3.8, 4) is 10.7 Å². The summed E-state index contributed by atoms with van der Waals surface area (Å²) in [6.07, 6.45) is 4.89. The third kappa shape index (κ3) is 3.97. The second kappa shape index (κ2) is 8.15. The molecule has 2 N–H and O–H groups in total. The molecule has 146 valence electrons. The van der Waals surface area contributed by atoms with Gasteiger partial charge in [-0.25, -0.2) is 9.97 Å². The Morgan fingerprint density at radius 2 is 2.07 bits per heavy atom. The molecule has 0 atom stereocenters. The van der Waals surface area contributed by atoms with E-state index in [0.717, 1.165) is 0 Å². The average Bonchev–Trinajstić information content (AvgIpc) is 3.21. The number of carbonyl (C=O) groups excluding carboxylic acids is 1. The zero-order valence-electron chi connectivity index (χ0n) is 15.5. The minimum absolute atomic E-state index is 0.0771. The first-order valence-electron chi connectivity index (χ1n) is 8.91. The van der Waals surface area contributed by atoms with Gasteiger partial charge in [0.05, 0.1) is 29.2 Å². The number of fused-ring (bicyclic) bond motifs is 1. The number of thiazole rings is 1. The van der Waals surface area contributed by atoms with E-state index in [4.69, 9.17) is 0 Å². The van der Waals surface area contributed by atoms with Crippen molar-refractivity contribution in [1.82, 2.24) is 29.9 Å². The molecular formula is C19H17N7O2S. The number of carbonyl (C=O) groups is 1. The molecule has 0 saturated heterocycles. The highest BCUT2D eigenvalue weighted by Gasteiger charge is 2.12.